The number of nitrogens with one attached hydrogen (secondary N) is 1. The van der Waals surface area contributed by atoms with Crippen LogP contribution in [-0.2, 0) is 0 Å². The summed E-state index contributed by atoms with van der Waals surface area (Å²) in [5, 5.41) is 3.38. The molecule has 1 N–H and O–H groups in total. The van der Waals surface area contributed by atoms with Crippen molar-refractivity contribution in [1.29, 1.82) is 0 Å². The zero-order valence-electron chi connectivity index (χ0n) is 7.52. The maximum Gasteiger partial charge on any atom is 0.0223 e. The second-order valence-electron chi connectivity index (χ2n) is 3.38. The van der Waals surface area contributed by atoms with Gasteiger partial charge in [0, 0.05) is 5.88 Å². The summed E-state index contributed by atoms with van der Waals surface area (Å²) in [5.41, 5.74) is 0. The van der Waals surface area contributed by atoms with Crippen LogP contribution in [0.4, 0.5) is 0 Å². The fourth-order valence-corrected chi connectivity index (χ4v) is 1.89. The van der Waals surface area contributed by atoms with Crippen LogP contribution < -0.4 is 5.32 Å². The number of unbranched alkanes of at least 4 members (excludes halogenated alkanes) is 1. The predicted octanol–water partition coefficient (Wildman–Crippen LogP) is 2.82. The van der Waals surface area contributed by atoms with E-state index in [0.29, 0.717) is 0 Å². The van der Waals surface area contributed by atoms with E-state index in [2.05, 4.69) is 5.32 Å². The van der Waals surface area contributed by atoms with Gasteiger partial charge < -0.3 is 5.32 Å². The summed E-state index contributed by atoms with van der Waals surface area (Å²) in [4.78, 5) is 0. The van der Waals surface area contributed by atoms with Gasteiger partial charge in [-0.1, -0.05) is 12.8 Å². The summed E-state index contributed by atoms with van der Waals surface area (Å²) in [7, 11) is 0. The number of hydrogen-bond donors (Lipinski definition) is 1. The van der Waals surface area contributed by atoms with Crippen molar-refractivity contribution < 1.29 is 0 Å². The molecule has 0 atom stereocenters. The van der Waals surface area contributed by atoms with Crippen LogP contribution in [0.5, 0.6) is 0 Å². The van der Waals surface area contributed by atoms with Gasteiger partial charge in [0.25, 0.3) is 0 Å². The number of alkyl halides is 1. The van der Waals surface area contributed by atoms with Crippen LogP contribution >= 0.6 is 24.0 Å². The Labute approximate surface area is 86.7 Å². The molecule has 1 nitrogen and oxygen atoms in total. The maximum atomic E-state index is 5.61. The molecule has 12 heavy (non-hydrogen) atoms. The van der Waals surface area contributed by atoms with Crippen LogP contribution in [0.3, 0.4) is 0 Å². The molecule has 0 unspecified atom stereocenters. The van der Waals surface area contributed by atoms with Crippen molar-refractivity contribution in [1.82, 2.24) is 5.32 Å². The lowest BCUT2D eigenvalue weighted by atomic mass is 9.93. The molecule has 1 aliphatic heterocycles. The zero-order chi connectivity index (χ0) is 7.94. The predicted molar refractivity (Wildman–Crippen MR) is 57.4 cm³/mol. The standard InChI is InChI=1S/C9H18ClN.ClH/c10-6-2-1-3-9-4-7-11-8-5-9;/h9,11H,1-8H2;1H. The Morgan fingerprint density at radius 3 is 2.42 bits per heavy atom. The van der Waals surface area contributed by atoms with E-state index in [1.165, 1.54) is 45.2 Å². The quantitative estimate of drug-likeness (QED) is 0.558. The van der Waals surface area contributed by atoms with Crippen molar-refractivity contribution in [3.63, 3.8) is 0 Å². The minimum Gasteiger partial charge on any atom is -0.317 e. The van der Waals surface area contributed by atoms with Gasteiger partial charge in [0.2, 0.25) is 0 Å². The van der Waals surface area contributed by atoms with Crippen LogP contribution in [0, 0.1) is 5.92 Å². The van der Waals surface area contributed by atoms with Gasteiger partial charge in [-0.15, -0.1) is 24.0 Å². The Hall–Kier alpha value is 0.540. The van der Waals surface area contributed by atoms with Crippen LogP contribution in [-0.4, -0.2) is 19.0 Å². The van der Waals surface area contributed by atoms with Gasteiger partial charge in [0.1, 0.15) is 0 Å². The molecule has 0 radical (unpaired) electrons. The average molecular weight is 212 g/mol. The van der Waals surface area contributed by atoms with Crippen molar-refractivity contribution in [3.8, 4) is 0 Å². The van der Waals surface area contributed by atoms with Crippen molar-refractivity contribution in [2.24, 2.45) is 5.92 Å². The molecule has 0 aromatic carbocycles. The van der Waals surface area contributed by atoms with Gasteiger partial charge in [-0.2, -0.15) is 0 Å². The first kappa shape index (κ1) is 12.5. The number of hydrogen-bond acceptors (Lipinski definition) is 1. The molecule has 0 aromatic rings. The van der Waals surface area contributed by atoms with Crippen molar-refractivity contribution in [3.05, 3.63) is 0 Å². The zero-order valence-corrected chi connectivity index (χ0v) is 9.09. The van der Waals surface area contributed by atoms with E-state index < -0.39 is 0 Å². The first-order chi connectivity index (χ1) is 5.43. The van der Waals surface area contributed by atoms with E-state index in [1.54, 1.807) is 0 Å². The molecule has 1 aliphatic rings. The molecule has 1 fully saturated rings. The number of rotatable bonds is 4. The summed E-state index contributed by atoms with van der Waals surface area (Å²) in [5.74, 6) is 1.82. The highest BCUT2D eigenvalue weighted by molar-refractivity contribution is 6.17. The third-order valence-corrected chi connectivity index (χ3v) is 2.72. The lowest BCUT2D eigenvalue weighted by Gasteiger charge is -2.22. The van der Waals surface area contributed by atoms with E-state index in [4.69, 9.17) is 11.6 Å². The molecule has 1 rings (SSSR count). The van der Waals surface area contributed by atoms with Gasteiger partial charge in [0.15, 0.2) is 0 Å². The molecule has 0 bridgehead atoms. The lowest BCUT2D eigenvalue weighted by Crippen LogP contribution is -2.27. The van der Waals surface area contributed by atoms with Crippen molar-refractivity contribution in [2.75, 3.05) is 19.0 Å². The molecule has 3 heteroatoms. The molecular weight excluding hydrogens is 193 g/mol. The third-order valence-electron chi connectivity index (χ3n) is 2.45. The largest absolute Gasteiger partial charge is 0.317 e. The molecule has 74 valence electrons. The van der Waals surface area contributed by atoms with Crippen LogP contribution in [0.2, 0.25) is 0 Å². The second kappa shape index (κ2) is 8.15. The summed E-state index contributed by atoms with van der Waals surface area (Å²) in [6.07, 6.45) is 6.68. The second-order valence-corrected chi connectivity index (χ2v) is 3.76. The summed E-state index contributed by atoms with van der Waals surface area (Å²) < 4.78 is 0. The van der Waals surface area contributed by atoms with E-state index in [1.807, 2.05) is 0 Å². The summed E-state index contributed by atoms with van der Waals surface area (Å²) in [6, 6.07) is 0. The van der Waals surface area contributed by atoms with Crippen LogP contribution in [0.25, 0.3) is 0 Å². The van der Waals surface area contributed by atoms with Crippen LogP contribution in [0.1, 0.15) is 32.1 Å². The molecule has 0 saturated carbocycles. The fraction of sp³-hybridized carbons (Fsp3) is 1.00. The monoisotopic (exact) mass is 211 g/mol. The third kappa shape index (κ3) is 5.23. The van der Waals surface area contributed by atoms with Gasteiger partial charge >= 0.3 is 0 Å². The first-order valence-electron chi connectivity index (χ1n) is 4.70. The lowest BCUT2D eigenvalue weighted by molar-refractivity contribution is 0.346. The summed E-state index contributed by atoms with van der Waals surface area (Å²) in [6.45, 7) is 2.46. The normalized spacial score (nSPS) is 18.8. The van der Waals surface area contributed by atoms with Crippen molar-refractivity contribution >= 4 is 24.0 Å². The van der Waals surface area contributed by atoms with E-state index >= 15 is 0 Å². The molecule has 0 amide bonds. The minimum absolute atomic E-state index is 0. The Balaban J connectivity index is 0.00000121. The van der Waals surface area contributed by atoms with Gasteiger partial charge in [-0.05, 0) is 38.3 Å². The first-order valence-corrected chi connectivity index (χ1v) is 5.23. The highest BCUT2D eigenvalue weighted by Gasteiger charge is 2.11. The molecule has 0 aliphatic carbocycles. The topological polar surface area (TPSA) is 12.0 Å². The molecule has 0 aromatic heterocycles. The maximum absolute atomic E-state index is 5.61. The Kier molecular flexibility index (Phi) is 8.52. The van der Waals surface area contributed by atoms with Gasteiger partial charge in [-0.25, -0.2) is 0 Å². The smallest absolute Gasteiger partial charge is 0.0223 e. The highest BCUT2D eigenvalue weighted by atomic mass is 35.5. The van der Waals surface area contributed by atoms with E-state index in [-0.39, 0.29) is 12.4 Å². The Morgan fingerprint density at radius 2 is 1.83 bits per heavy atom. The Bertz CT molecular complexity index is 92.5. The molecule has 0 spiro atoms. The average Bonchev–Trinajstić information content (AvgIpc) is 2.07. The molecule has 1 saturated heterocycles. The van der Waals surface area contributed by atoms with Gasteiger partial charge in [0.05, 0.1) is 0 Å². The highest BCUT2D eigenvalue weighted by Crippen LogP contribution is 2.18. The van der Waals surface area contributed by atoms with E-state index in [0.717, 1.165) is 11.8 Å². The Morgan fingerprint density at radius 1 is 1.17 bits per heavy atom. The van der Waals surface area contributed by atoms with Crippen molar-refractivity contribution in [2.45, 2.75) is 32.1 Å². The van der Waals surface area contributed by atoms with Crippen LogP contribution in [0.15, 0.2) is 0 Å². The molecule has 1 heterocycles. The minimum atomic E-state index is 0. The summed E-state index contributed by atoms with van der Waals surface area (Å²) >= 11 is 5.61. The number of halogens is 2. The fourth-order valence-electron chi connectivity index (χ4n) is 1.70. The number of piperidine rings is 1. The SMILES string of the molecule is Cl.ClCCCCC1CCNCC1. The van der Waals surface area contributed by atoms with E-state index in [9.17, 15) is 0 Å². The van der Waals surface area contributed by atoms with Gasteiger partial charge in [-0.3, -0.25) is 0 Å². The molecular formula is C9H19Cl2N.